The zero-order chi connectivity index (χ0) is 29.3. The maximum Gasteiger partial charge on any atom is 0.186 e. The van der Waals surface area contributed by atoms with Crippen molar-refractivity contribution in [1.82, 2.24) is 0 Å². The van der Waals surface area contributed by atoms with E-state index in [1.165, 1.54) is 121 Å². The van der Waals surface area contributed by atoms with Gasteiger partial charge >= 0.3 is 0 Å². The molecule has 1 atom stereocenters. The molecule has 0 fully saturated rings. The summed E-state index contributed by atoms with van der Waals surface area (Å²) < 4.78 is 33.1. The smallest absolute Gasteiger partial charge is 0.186 e. The van der Waals surface area contributed by atoms with Gasteiger partial charge in [-0.1, -0.05) is 139 Å². The van der Waals surface area contributed by atoms with Gasteiger partial charge in [-0.2, -0.15) is 0 Å². The predicted octanol–water partition coefficient (Wildman–Crippen LogP) is 11.8. The van der Waals surface area contributed by atoms with E-state index in [2.05, 4.69) is 42.9 Å². The Kier molecular flexibility index (Phi) is 23.8. The molecule has 0 radical (unpaired) electrons. The Hall–Kier alpha value is -0.273. The fraction of sp³-hybridized carbons (Fsp3) is 0.824. The summed E-state index contributed by atoms with van der Waals surface area (Å²) in [5, 5.41) is 0. The van der Waals surface area contributed by atoms with Crippen LogP contribution < -0.4 is 0 Å². The molecule has 0 unspecified atom stereocenters. The van der Waals surface area contributed by atoms with Crippen molar-refractivity contribution in [1.29, 1.82) is 0 Å². The lowest BCUT2D eigenvalue weighted by atomic mass is 10.0. The number of benzene rings is 1. The highest BCUT2D eigenvalue weighted by Gasteiger charge is 2.24. The molecule has 1 aromatic rings. The third kappa shape index (κ3) is 22.3. The van der Waals surface area contributed by atoms with Gasteiger partial charge in [-0.05, 0) is 49.3 Å². The lowest BCUT2D eigenvalue weighted by Gasteiger charge is -2.26. The summed E-state index contributed by atoms with van der Waals surface area (Å²) in [6.45, 7) is 11.2. The Morgan fingerprint density at radius 2 is 1.23 bits per heavy atom. The molecule has 0 aromatic heterocycles. The van der Waals surface area contributed by atoms with Gasteiger partial charge in [0, 0.05) is 11.1 Å². The summed E-state index contributed by atoms with van der Waals surface area (Å²) in [6.07, 6.45) is 24.2. The minimum Gasteiger partial charge on any atom is -0.415 e. The molecule has 0 amide bonds. The molecule has 6 heteroatoms. The zero-order valence-electron chi connectivity index (χ0n) is 26.6. The van der Waals surface area contributed by atoms with Gasteiger partial charge in [-0.25, -0.2) is 4.39 Å². The first-order chi connectivity index (χ1) is 19.4. The molecule has 0 spiro atoms. The molecule has 0 aliphatic carbocycles. The lowest BCUT2D eigenvalue weighted by Crippen LogP contribution is -2.36. The first kappa shape index (κ1) is 37.8. The predicted molar refractivity (Wildman–Crippen MR) is 176 cm³/mol. The summed E-state index contributed by atoms with van der Waals surface area (Å²) in [5.74, 6) is -0.256. The van der Waals surface area contributed by atoms with Gasteiger partial charge in [0.1, 0.15) is 11.9 Å². The minimum atomic E-state index is -1.71. The molecule has 3 nitrogen and oxygen atoms in total. The Morgan fingerprint density at radius 1 is 0.700 bits per heavy atom. The molecule has 0 aliphatic heterocycles. The maximum absolute atomic E-state index is 13.8. The number of unbranched alkanes of at least 4 members (excludes halogenated alkanes) is 16. The van der Waals surface area contributed by atoms with Crippen LogP contribution in [0.3, 0.4) is 0 Å². The Labute approximate surface area is 257 Å². The number of hydrogen-bond donors (Lipinski definition) is 0. The van der Waals surface area contributed by atoms with Crippen LogP contribution in [0.5, 0.6) is 0 Å². The molecular weight excluding hydrogens is 583 g/mol. The monoisotopic (exact) mass is 644 g/mol. The van der Waals surface area contributed by atoms with Gasteiger partial charge in [-0.3, -0.25) is 0 Å². The quantitative estimate of drug-likeness (QED) is 0.0670. The zero-order valence-corrected chi connectivity index (χ0v) is 29.1. The van der Waals surface area contributed by atoms with Crippen LogP contribution in [0.15, 0.2) is 22.7 Å². The lowest BCUT2D eigenvalue weighted by molar-refractivity contribution is -0.0471. The van der Waals surface area contributed by atoms with Crippen molar-refractivity contribution in [2.24, 2.45) is 0 Å². The van der Waals surface area contributed by atoms with Crippen LogP contribution in [0.4, 0.5) is 4.39 Å². The summed E-state index contributed by atoms with van der Waals surface area (Å²) in [5.41, 5.74) is 0.817. The van der Waals surface area contributed by atoms with Crippen LogP contribution in [-0.4, -0.2) is 34.2 Å². The van der Waals surface area contributed by atoms with Crippen LogP contribution >= 0.6 is 15.9 Å². The van der Waals surface area contributed by atoms with Gasteiger partial charge in [0.2, 0.25) is 0 Å². The molecule has 234 valence electrons. The summed E-state index contributed by atoms with van der Waals surface area (Å²) in [7, 11) is -1.71. The van der Waals surface area contributed by atoms with Crippen molar-refractivity contribution in [2.45, 2.75) is 161 Å². The Balaban J connectivity index is 2.15. The summed E-state index contributed by atoms with van der Waals surface area (Å²) in [4.78, 5) is 0. The third-order valence-electron chi connectivity index (χ3n) is 7.65. The van der Waals surface area contributed by atoms with Crippen LogP contribution in [-0.2, 0) is 20.5 Å². The molecule has 0 heterocycles. The van der Waals surface area contributed by atoms with E-state index in [0.29, 0.717) is 19.8 Å². The molecule has 0 bridgehead atoms. The van der Waals surface area contributed by atoms with Crippen LogP contribution in [0.25, 0.3) is 0 Å². The van der Waals surface area contributed by atoms with E-state index in [4.69, 9.17) is 13.9 Å². The van der Waals surface area contributed by atoms with E-state index in [1.54, 1.807) is 0 Å². The van der Waals surface area contributed by atoms with Crippen molar-refractivity contribution < 1.29 is 18.3 Å². The average Bonchev–Trinajstić information content (AvgIpc) is 2.91. The Morgan fingerprint density at radius 3 is 1.75 bits per heavy atom. The van der Waals surface area contributed by atoms with Gasteiger partial charge in [0.15, 0.2) is 8.32 Å². The molecule has 1 rings (SSSR count). The van der Waals surface area contributed by atoms with Crippen molar-refractivity contribution in [2.75, 3.05) is 19.8 Å². The van der Waals surface area contributed by atoms with Crippen LogP contribution in [0.2, 0.25) is 19.1 Å². The second kappa shape index (κ2) is 25.2. The van der Waals surface area contributed by atoms with Gasteiger partial charge in [0.25, 0.3) is 0 Å². The van der Waals surface area contributed by atoms with Crippen molar-refractivity contribution >= 4 is 24.2 Å². The summed E-state index contributed by atoms with van der Waals surface area (Å²) >= 11 is 3.37. The standard InChI is InChI=1S/C34H62BrFO3Si/c1-5-7-9-10-11-12-13-14-15-16-17-18-19-20-21-22-23-37-29-34(30-39-40(3,4)24-8-6-2)38-28-31-25-32(35)27-33(36)26-31/h25-27,34H,5-24,28-30H2,1-4H3/t34-/m1/s1. The topological polar surface area (TPSA) is 27.7 Å². The van der Waals surface area contributed by atoms with Crippen LogP contribution in [0.1, 0.15) is 135 Å². The first-order valence-electron chi connectivity index (χ1n) is 16.6. The summed E-state index contributed by atoms with van der Waals surface area (Å²) in [6, 6.07) is 6.05. The fourth-order valence-electron chi connectivity index (χ4n) is 5.01. The molecule has 0 saturated heterocycles. The normalized spacial score (nSPS) is 12.8. The van der Waals surface area contributed by atoms with Crippen molar-refractivity contribution in [3.63, 3.8) is 0 Å². The first-order valence-corrected chi connectivity index (χ1v) is 20.6. The van der Waals surface area contributed by atoms with Gasteiger partial charge in [0.05, 0.1) is 19.8 Å². The highest BCUT2D eigenvalue weighted by atomic mass is 79.9. The molecule has 0 saturated carbocycles. The average molecular weight is 646 g/mol. The number of ether oxygens (including phenoxy) is 2. The van der Waals surface area contributed by atoms with Crippen molar-refractivity contribution in [3.05, 3.63) is 34.1 Å². The van der Waals surface area contributed by atoms with E-state index < -0.39 is 8.32 Å². The number of halogens is 2. The van der Waals surface area contributed by atoms with Crippen LogP contribution in [0, 0.1) is 5.82 Å². The second-order valence-corrected chi connectivity index (χ2v) is 17.5. The number of rotatable bonds is 28. The van der Waals surface area contributed by atoms with E-state index in [0.717, 1.165) is 29.1 Å². The molecular formula is C34H62BrFO3Si. The molecule has 0 N–H and O–H groups in total. The highest BCUT2D eigenvalue weighted by molar-refractivity contribution is 9.10. The maximum atomic E-state index is 13.8. The third-order valence-corrected chi connectivity index (χ3v) is 10.6. The van der Waals surface area contributed by atoms with Crippen molar-refractivity contribution in [3.8, 4) is 0 Å². The molecule has 40 heavy (non-hydrogen) atoms. The SMILES string of the molecule is CCCCCCCCCCCCCCCCCCOC[C@H](CO[Si](C)(C)CCCC)OCc1cc(F)cc(Br)c1. The van der Waals surface area contributed by atoms with Gasteiger partial charge in [-0.15, -0.1) is 0 Å². The van der Waals surface area contributed by atoms with E-state index in [1.807, 2.05) is 6.07 Å². The molecule has 0 aliphatic rings. The number of hydrogen-bond acceptors (Lipinski definition) is 3. The highest BCUT2D eigenvalue weighted by Crippen LogP contribution is 2.19. The van der Waals surface area contributed by atoms with E-state index >= 15 is 0 Å². The molecule has 1 aromatic carbocycles. The largest absolute Gasteiger partial charge is 0.415 e. The Bertz CT molecular complexity index is 698. The minimum absolute atomic E-state index is 0.142. The van der Waals surface area contributed by atoms with E-state index in [9.17, 15) is 4.39 Å². The van der Waals surface area contributed by atoms with E-state index in [-0.39, 0.29) is 11.9 Å². The second-order valence-electron chi connectivity index (χ2n) is 12.3. The fourth-order valence-corrected chi connectivity index (χ4v) is 7.51. The van der Waals surface area contributed by atoms with Gasteiger partial charge < -0.3 is 13.9 Å².